The molecule has 1 aliphatic rings. The number of rotatable bonds is 3. The van der Waals surface area contributed by atoms with Crippen LogP contribution in [0.3, 0.4) is 0 Å². The highest BCUT2D eigenvalue weighted by Gasteiger charge is 2.26. The lowest BCUT2D eigenvalue weighted by molar-refractivity contribution is -0.120. The summed E-state index contributed by atoms with van der Waals surface area (Å²) in [6, 6.07) is 11.0. The molecule has 0 atom stereocenters. The zero-order chi connectivity index (χ0) is 16.5. The van der Waals surface area contributed by atoms with Gasteiger partial charge in [0.15, 0.2) is 5.65 Å². The van der Waals surface area contributed by atoms with E-state index in [0.29, 0.717) is 17.2 Å². The van der Waals surface area contributed by atoms with E-state index in [2.05, 4.69) is 15.4 Å². The van der Waals surface area contributed by atoms with Gasteiger partial charge >= 0.3 is 0 Å². The Hall–Kier alpha value is -2.87. The van der Waals surface area contributed by atoms with Gasteiger partial charge in [0.2, 0.25) is 11.8 Å². The first-order valence-corrected chi connectivity index (χ1v) is 8.32. The number of hydrogen-bond donors (Lipinski definition) is 1. The zero-order valence-electron chi connectivity index (χ0n) is 12.5. The molecule has 1 N–H and O–H groups in total. The number of nitrogens with one attached hydrogen (secondary N) is 1. The summed E-state index contributed by atoms with van der Waals surface area (Å²) < 4.78 is 1.54. The Balaban J connectivity index is 1.56. The van der Waals surface area contributed by atoms with Crippen LogP contribution in [0.5, 0.6) is 0 Å². The van der Waals surface area contributed by atoms with Crippen molar-refractivity contribution < 1.29 is 9.59 Å². The van der Waals surface area contributed by atoms with Crippen molar-refractivity contribution in [1.29, 1.82) is 0 Å². The topological polar surface area (TPSA) is 79.6 Å². The number of carbonyl (C=O) groups excluding carboxylic acids is 2. The van der Waals surface area contributed by atoms with Crippen molar-refractivity contribution >= 4 is 40.7 Å². The highest BCUT2D eigenvalue weighted by molar-refractivity contribution is 8.00. The molecule has 7 nitrogen and oxygen atoms in total. The van der Waals surface area contributed by atoms with E-state index in [1.54, 1.807) is 29.0 Å². The normalized spacial score (nSPS) is 13.8. The quantitative estimate of drug-likeness (QED) is 0.787. The Labute approximate surface area is 141 Å². The maximum absolute atomic E-state index is 12.4. The standard InChI is InChI=1S/C16H13N5O2S/c22-15(19-14-5-7-17-13-6-8-18-21(13)14)9-20-11-3-1-2-4-12(11)24-10-16(20)23/h1-8H,9-10H2,(H,19,22). The fourth-order valence-electron chi connectivity index (χ4n) is 2.58. The summed E-state index contributed by atoms with van der Waals surface area (Å²) >= 11 is 1.49. The molecule has 120 valence electrons. The molecule has 3 aromatic rings. The van der Waals surface area contributed by atoms with Crippen molar-refractivity contribution in [2.24, 2.45) is 0 Å². The van der Waals surface area contributed by atoms with Gasteiger partial charge in [0.25, 0.3) is 0 Å². The van der Waals surface area contributed by atoms with Gasteiger partial charge in [-0.1, -0.05) is 12.1 Å². The van der Waals surface area contributed by atoms with Gasteiger partial charge in [0, 0.05) is 17.2 Å². The monoisotopic (exact) mass is 339 g/mol. The SMILES string of the molecule is O=C(CN1C(=O)CSc2ccccc21)Nc1ccnc2ccnn12. The second-order valence-corrected chi connectivity index (χ2v) is 6.23. The summed E-state index contributed by atoms with van der Waals surface area (Å²) in [5, 5.41) is 6.92. The minimum atomic E-state index is -0.284. The first-order chi connectivity index (χ1) is 11.7. The fraction of sp³-hybridized carbons (Fsp3) is 0.125. The van der Waals surface area contributed by atoms with Crippen LogP contribution in [0.4, 0.5) is 11.5 Å². The number of carbonyl (C=O) groups is 2. The van der Waals surface area contributed by atoms with Crippen molar-refractivity contribution in [1.82, 2.24) is 14.6 Å². The van der Waals surface area contributed by atoms with E-state index in [4.69, 9.17) is 0 Å². The Morgan fingerprint density at radius 2 is 2.08 bits per heavy atom. The highest BCUT2D eigenvalue weighted by atomic mass is 32.2. The first-order valence-electron chi connectivity index (χ1n) is 7.33. The maximum Gasteiger partial charge on any atom is 0.245 e. The number of para-hydroxylation sites is 1. The van der Waals surface area contributed by atoms with Crippen LogP contribution in [0, 0.1) is 0 Å². The molecule has 0 fully saturated rings. The summed E-state index contributed by atoms with van der Waals surface area (Å²) in [7, 11) is 0. The summed E-state index contributed by atoms with van der Waals surface area (Å²) in [6.45, 7) is -0.0402. The molecule has 3 heterocycles. The molecule has 1 aliphatic heterocycles. The smallest absolute Gasteiger partial charge is 0.245 e. The second-order valence-electron chi connectivity index (χ2n) is 5.22. The molecule has 0 radical (unpaired) electrons. The first kappa shape index (κ1) is 14.7. The summed E-state index contributed by atoms with van der Waals surface area (Å²) in [4.78, 5) is 31.3. The van der Waals surface area contributed by atoms with Crippen LogP contribution < -0.4 is 10.2 Å². The van der Waals surface area contributed by atoms with Crippen LogP contribution in [-0.2, 0) is 9.59 Å². The van der Waals surface area contributed by atoms with Crippen molar-refractivity contribution in [3.63, 3.8) is 0 Å². The van der Waals surface area contributed by atoms with Gasteiger partial charge in [-0.3, -0.25) is 9.59 Å². The van der Waals surface area contributed by atoms with Gasteiger partial charge in [-0.2, -0.15) is 9.61 Å². The molecule has 0 aliphatic carbocycles. The van der Waals surface area contributed by atoms with E-state index >= 15 is 0 Å². The lowest BCUT2D eigenvalue weighted by Crippen LogP contribution is -2.41. The lowest BCUT2D eigenvalue weighted by Gasteiger charge is -2.28. The lowest BCUT2D eigenvalue weighted by atomic mass is 10.2. The fourth-order valence-corrected chi connectivity index (χ4v) is 3.52. The van der Waals surface area contributed by atoms with E-state index in [0.717, 1.165) is 10.6 Å². The van der Waals surface area contributed by atoms with Gasteiger partial charge < -0.3 is 10.2 Å². The molecule has 2 aromatic heterocycles. The molecule has 0 spiro atoms. The molecular weight excluding hydrogens is 326 g/mol. The Bertz CT molecular complexity index is 939. The zero-order valence-corrected chi connectivity index (χ0v) is 13.4. The Morgan fingerprint density at radius 1 is 1.21 bits per heavy atom. The average Bonchev–Trinajstić information content (AvgIpc) is 3.07. The molecule has 8 heteroatoms. The van der Waals surface area contributed by atoms with E-state index in [1.807, 2.05) is 24.3 Å². The maximum atomic E-state index is 12.4. The van der Waals surface area contributed by atoms with Crippen LogP contribution in [0.25, 0.3) is 5.65 Å². The molecule has 4 rings (SSSR count). The van der Waals surface area contributed by atoms with E-state index < -0.39 is 0 Å². The van der Waals surface area contributed by atoms with Crippen LogP contribution in [-0.4, -0.2) is 38.7 Å². The molecule has 0 unspecified atom stereocenters. The predicted molar refractivity (Wildman–Crippen MR) is 91.1 cm³/mol. The summed E-state index contributed by atoms with van der Waals surface area (Å²) in [5.74, 6) is 0.492. The van der Waals surface area contributed by atoms with Crippen LogP contribution in [0.15, 0.2) is 53.7 Å². The number of fused-ring (bicyclic) bond motifs is 2. The van der Waals surface area contributed by atoms with Crippen LogP contribution in [0.1, 0.15) is 0 Å². The van der Waals surface area contributed by atoms with Gasteiger partial charge in [0.1, 0.15) is 12.4 Å². The van der Waals surface area contributed by atoms with Crippen LogP contribution >= 0.6 is 11.8 Å². The minimum absolute atomic E-state index is 0.0402. The average molecular weight is 339 g/mol. The van der Waals surface area contributed by atoms with E-state index in [9.17, 15) is 9.59 Å². The van der Waals surface area contributed by atoms with Gasteiger partial charge in [-0.25, -0.2) is 4.98 Å². The number of thioether (sulfide) groups is 1. The third kappa shape index (κ3) is 2.61. The number of anilines is 2. The molecule has 0 saturated heterocycles. The largest absolute Gasteiger partial charge is 0.309 e. The van der Waals surface area contributed by atoms with Gasteiger partial charge in [-0.05, 0) is 18.2 Å². The van der Waals surface area contributed by atoms with E-state index in [1.165, 1.54) is 16.7 Å². The number of amides is 2. The molecule has 1 aromatic carbocycles. The van der Waals surface area contributed by atoms with E-state index in [-0.39, 0.29) is 18.4 Å². The van der Waals surface area contributed by atoms with Crippen LogP contribution in [0.2, 0.25) is 0 Å². The molecule has 24 heavy (non-hydrogen) atoms. The molecular formula is C16H13N5O2S. The van der Waals surface area contributed by atoms with Crippen molar-refractivity contribution in [2.75, 3.05) is 22.5 Å². The number of aromatic nitrogens is 3. The number of hydrogen-bond acceptors (Lipinski definition) is 5. The van der Waals surface area contributed by atoms with Crippen molar-refractivity contribution in [2.45, 2.75) is 4.90 Å². The minimum Gasteiger partial charge on any atom is -0.309 e. The molecule has 0 bridgehead atoms. The third-order valence-corrected chi connectivity index (χ3v) is 4.72. The van der Waals surface area contributed by atoms with Gasteiger partial charge in [0.05, 0.1) is 17.6 Å². The molecule has 2 amide bonds. The van der Waals surface area contributed by atoms with Crippen molar-refractivity contribution in [3.8, 4) is 0 Å². The van der Waals surface area contributed by atoms with Gasteiger partial charge in [-0.15, -0.1) is 11.8 Å². The Kier molecular flexibility index (Phi) is 3.66. The predicted octanol–water partition coefficient (Wildman–Crippen LogP) is 1.81. The summed E-state index contributed by atoms with van der Waals surface area (Å²) in [6.07, 6.45) is 3.21. The Morgan fingerprint density at radius 3 is 3.00 bits per heavy atom. The second kappa shape index (κ2) is 5.97. The number of benzene rings is 1. The summed E-state index contributed by atoms with van der Waals surface area (Å²) in [5.41, 5.74) is 1.41. The molecule has 0 saturated carbocycles. The number of nitrogens with zero attached hydrogens (tertiary/aromatic N) is 4. The van der Waals surface area contributed by atoms with Crippen molar-refractivity contribution in [3.05, 3.63) is 48.8 Å². The highest BCUT2D eigenvalue weighted by Crippen LogP contribution is 2.34. The third-order valence-electron chi connectivity index (χ3n) is 3.67.